The summed E-state index contributed by atoms with van der Waals surface area (Å²) < 4.78 is 0. The summed E-state index contributed by atoms with van der Waals surface area (Å²) in [6.45, 7) is 0. The van der Waals surface area contributed by atoms with Crippen LogP contribution in [-0.4, -0.2) is 30.6 Å². The lowest BCUT2D eigenvalue weighted by atomic mass is 10.5. The Kier molecular flexibility index (Phi) is 5.26. The Hall–Kier alpha value is -0.995. The highest BCUT2D eigenvalue weighted by Gasteiger charge is 2.01. The van der Waals surface area contributed by atoms with Crippen molar-refractivity contribution in [2.24, 2.45) is 0 Å². The zero-order valence-corrected chi connectivity index (χ0v) is 4.00. The molecule has 0 unspecified atom stereocenters. The zero-order valence-electron chi connectivity index (χ0n) is 4.00. The highest BCUT2D eigenvalue weighted by atomic mass is 16.4. The van der Waals surface area contributed by atoms with Gasteiger partial charge in [-0.3, -0.25) is 9.59 Å². The van der Waals surface area contributed by atoms with Crippen LogP contribution < -0.4 is 0 Å². The Balaban J connectivity index is 0. The Morgan fingerprint density at radius 3 is 1.38 bits per heavy atom. The van der Waals surface area contributed by atoms with Crippen LogP contribution in [0, 0.1) is 0 Å². The molecule has 2 N–H and O–H groups in total. The van der Waals surface area contributed by atoms with Crippen LogP contribution in [0.3, 0.4) is 0 Å². The predicted molar refractivity (Wildman–Crippen MR) is 25.6 cm³/mol. The van der Waals surface area contributed by atoms with Crippen LogP contribution in [0.15, 0.2) is 0 Å². The van der Waals surface area contributed by atoms with E-state index in [1.54, 1.807) is 0 Å². The monoisotopic (exact) mass is 115 g/mol. The van der Waals surface area contributed by atoms with Crippen LogP contribution in [0.4, 0.5) is 0 Å². The van der Waals surface area contributed by atoms with Crippen LogP contribution in [0.5, 0.6) is 0 Å². The van der Waals surface area contributed by atoms with Gasteiger partial charge in [-0.25, -0.2) is 0 Å². The topological polar surface area (TPSA) is 74.6 Å². The van der Waals surface area contributed by atoms with E-state index in [0.29, 0.717) is 0 Å². The molecule has 0 amide bonds. The molecule has 0 fully saturated rings. The molecule has 0 aromatic heterocycles. The average molecular weight is 115 g/mol. The summed E-state index contributed by atoms with van der Waals surface area (Å²) in [6.07, 6.45) is -0.806. The molecule has 0 saturated carbocycles. The first-order valence-electron chi connectivity index (χ1n) is 1.56. The summed E-state index contributed by atoms with van der Waals surface area (Å²) in [6, 6.07) is 0. The molecule has 43 valence electrons. The standard InChI is InChI=1S/C3H4O4.B/c4-2(5)1-3(6)7;/h1H2,(H,4,5)(H,6,7);. The molecular weight excluding hydrogens is 111 g/mol. The maximum absolute atomic E-state index is 9.43. The largest absolute Gasteiger partial charge is 0.481 e. The van der Waals surface area contributed by atoms with E-state index >= 15 is 0 Å². The second kappa shape index (κ2) is 4.17. The van der Waals surface area contributed by atoms with E-state index in [-0.39, 0.29) is 8.41 Å². The molecule has 0 spiro atoms. The van der Waals surface area contributed by atoms with Gasteiger partial charge in [-0.1, -0.05) is 0 Å². The summed E-state index contributed by atoms with van der Waals surface area (Å²) in [7, 11) is 0. The lowest BCUT2D eigenvalue weighted by Gasteiger charge is -1.80. The van der Waals surface area contributed by atoms with Crippen LogP contribution in [0.25, 0.3) is 0 Å². The molecule has 0 aromatic carbocycles. The fourth-order valence-electron chi connectivity index (χ4n) is 0.129. The summed E-state index contributed by atoms with van der Waals surface area (Å²) in [5.41, 5.74) is 0. The van der Waals surface area contributed by atoms with Gasteiger partial charge in [0.05, 0.1) is 0 Å². The van der Waals surface area contributed by atoms with Crippen LogP contribution in [-0.2, 0) is 9.59 Å². The summed E-state index contributed by atoms with van der Waals surface area (Å²) >= 11 is 0. The quantitative estimate of drug-likeness (QED) is 0.363. The van der Waals surface area contributed by atoms with Gasteiger partial charge in [-0.05, 0) is 0 Å². The van der Waals surface area contributed by atoms with E-state index in [1.165, 1.54) is 0 Å². The first-order valence-corrected chi connectivity index (χ1v) is 1.56. The number of carboxylic acids is 2. The van der Waals surface area contributed by atoms with Crippen molar-refractivity contribution in [2.75, 3.05) is 0 Å². The Bertz CT molecular complexity index is 87.5. The summed E-state index contributed by atoms with van der Waals surface area (Å²) in [4.78, 5) is 18.9. The number of hydrogen-bond donors (Lipinski definition) is 2. The van der Waals surface area contributed by atoms with Gasteiger partial charge in [0.2, 0.25) is 0 Å². The van der Waals surface area contributed by atoms with E-state index < -0.39 is 18.4 Å². The van der Waals surface area contributed by atoms with Gasteiger partial charge in [0.1, 0.15) is 6.42 Å². The molecule has 3 radical (unpaired) electrons. The highest BCUT2D eigenvalue weighted by molar-refractivity contribution is 5.88. The normalized spacial score (nSPS) is 7.00. The van der Waals surface area contributed by atoms with Crippen molar-refractivity contribution < 1.29 is 19.8 Å². The molecular formula is C3H4BO4. The van der Waals surface area contributed by atoms with Crippen molar-refractivity contribution in [1.82, 2.24) is 0 Å². The maximum atomic E-state index is 9.43. The average Bonchev–Trinajstić information content (AvgIpc) is 1.27. The minimum absolute atomic E-state index is 0. The fraction of sp³-hybridized carbons (Fsp3) is 0.333. The van der Waals surface area contributed by atoms with Crippen molar-refractivity contribution in [3.63, 3.8) is 0 Å². The van der Waals surface area contributed by atoms with Crippen molar-refractivity contribution in [3.8, 4) is 0 Å². The SMILES string of the molecule is O=C(O)CC(=O)O.[B]. The number of carboxylic acid groups (broad SMARTS) is 2. The Morgan fingerprint density at radius 1 is 1.12 bits per heavy atom. The number of rotatable bonds is 2. The van der Waals surface area contributed by atoms with Gasteiger partial charge in [0, 0.05) is 8.41 Å². The molecule has 5 heteroatoms. The molecule has 0 saturated heterocycles. The van der Waals surface area contributed by atoms with Crippen molar-refractivity contribution in [1.29, 1.82) is 0 Å². The third-order valence-corrected chi connectivity index (χ3v) is 0.302. The van der Waals surface area contributed by atoms with Crippen LogP contribution in [0.1, 0.15) is 6.42 Å². The molecule has 8 heavy (non-hydrogen) atoms. The second-order valence-corrected chi connectivity index (χ2v) is 0.964. The van der Waals surface area contributed by atoms with E-state index in [2.05, 4.69) is 0 Å². The molecule has 0 aliphatic carbocycles. The molecule has 0 aliphatic rings. The Morgan fingerprint density at radius 2 is 1.38 bits per heavy atom. The van der Waals surface area contributed by atoms with Gasteiger partial charge >= 0.3 is 11.9 Å². The molecule has 0 heterocycles. The van der Waals surface area contributed by atoms with Gasteiger partial charge in [-0.15, -0.1) is 0 Å². The van der Waals surface area contributed by atoms with E-state index in [1.807, 2.05) is 0 Å². The molecule has 0 rings (SSSR count). The fourth-order valence-corrected chi connectivity index (χ4v) is 0.129. The molecule has 4 nitrogen and oxygen atoms in total. The minimum Gasteiger partial charge on any atom is -0.481 e. The molecule has 0 aromatic rings. The van der Waals surface area contributed by atoms with E-state index in [4.69, 9.17) is 10.2 Å². The highest BCUT2D eigenvalue weighted by Crippen LogP contribution is 1.74. The maximum Gasteiger partial charge on any atom is 0.314 e. The summed E-state index contributed by atoms with van der Waals surface area (Å²) in [5, 5.41) is 15.4. The van der Waals surface area contributed by atoms with Gasteiger partial charge < -0.3 is 10.2 Å². The first kappa shape index (κ1) is 10.1. The first-order chi connectivity index (χ1) is 3.13. The van der Waals surface area contributed by atoms with E-state index in [9.17, 15) is 9.59 Å². The van der Waals surface area contributed by atoms with Gasteiger partial charge in [-0.2, -0.15) is 0 Å². The van der Waals surface area contributed by atoms with Crippen molar-refractivity contribution in [3.05, 3.63) is 0 Å². The number of aliphatic carboxylic acids is 2. The minimum atomic E-state index is -1.31. The molecule has 0 bridgehead atoms. The van der Waals surface area contributed by atoms with Crippen molar-refractivity contribution in [2.45, 2.75) is 6.42 Å². The zero-order chi connectivity index (χ0) is 5.86. The third kappa shape index (κ3) is 8.89. The lowest BCUT2D eigenvalue weighted by Crippen LogP contribution is -2.03. The van der Waals surface area contributed by atoms with Gasteiger partial charge in [0.15, 0.2) is 0 Å². The van der Waals surface area contributed by atoms with Crippen LogP contribution >= 0.6 is 0 Å². The third-order valence-electron chi connectivity index (χ3n) is 0.302. The van der Waals surface area contributed by atoms with Crippen LogP contribution in [0.2, 0.25) is 0 Å². The number of hydrogen-bond acceptors (Lipinski definition) is 2. The van der Waals surface area contributed by atoms with Gasteiger partial charge in [0.25, 0.3) is 0 Å². The predicted octanol–water partition coefficient (Wildman–Crippen LogP) is -0.835. The lowest BCUT2D eigenvalue weighted by molar-refractivity contribution is -0.147. The molecule has 0 atom stereocenters. The van der Waals surface area contributed by atoms with E-state index in [0.717, 1.165) is 0 Å². The smallest absolute Gasteiger partial charge is 0.314 e. The number of carbonyl (C=O) groups is 2. The van der Waals surface area contributed by atoms with Crippen molar-refractivity contribution >= 4 is 20.4 Å². The second-order valence-electron chi connectivity index (χ2n) is 0.964. The Labute approximate surface area is 47.7 Å². The molecule has 0 aliphatic heterocycles. The summed E-state index contributed by atoms with van der Waals surface area (Å²) in [5.74, 6) is -2.62.